The van der Waals surface area contributed by atoms with Gasteiger partial charge in [-0.25, -0.2) is 4.79 Å². The van der Waals surface area contributed by atoms with E-state index in [9.17, 15) is 24.5 Å². The van der Waals surface area contributed by atoms with Gasteiger partial charge in [0.05, 0.1) is 14.8 Å². The lowest BCUT2D eigenvalue weighted by Gasteiger charge is -2.62. The lowest BCUT2D eigenvalue weighted by molar-refractivity contribution is -0.384. The Morgan fingerprint density at radius 3 is 2.51 bits per heavy atom. The van der Waals surface area contributed by atoms with Crippen molar-refractivity contribution in [1.29, 1.82) is 0 Å². The van der Waals surface area contributed by atoms with Crippen LogP contribution in [0.3, 0.4) is 0 Å². The number of hydrogen-bond donors (Lipinski definition) is 1. The molecule has 2 saturated heterocycles. The second-order valence-corrected chi connectivity index (χ2v) is 11.5. The van der Waals surface area contributed by atoms with Gasteiger partial charge in [-0.15, -0.1) is 11.8 Å². The number of alkyl halides is 1. The van der Waals surface area contributed by atoms with Crippen LogP contribution in [0, 0.1) is 10.1 Å². The average Bonchev–Trinajstić information content (AvgIpc) is 2.90. The number of esters is 1. The number of β-lactam (4-membered cyclic amide) rings is 1. The molecule has 4 atom stereocenters. The Morgan fingerprint density at radius 1 is 1.22 bits per heavy atom. The number of rotatable bonds is 9. The van der Waals surface area contributed by atoms with Gasteiger partial charge in [-0.2, -0.15) is 0 Å². The first-order valence-corrected chi connectivity index (χ1v) is 13.0. The standard InChI is InChI=1S/C24H24BrN3O8S/c1-23(25)14-37-21-19(26-18(29)12-35-17-6-4-3-5-7-17)20(30)27(21)24(23,34-2)13-36-22(31)15-8-10-16(11-9-15)28(32)33/h3-11,19,21H,12-14H2,1-2H3,(H,26,29)/t19-,21-,23-,24+/m1/s1. The molecule has 0 unspecified atom stereocenters. The van der Waals surface area contributed by atoms with Gasteiger partial charge in [-0.05, 0) is 31.2 Å². The van der Waals surface area contributed by atoms with Crippen LogP contribution in [0.25, 0.3) is 0 Å². The summed E-state index contributed by atoms with van der Waals surface area (Å²) in [6, 6.07) is 13.1. The number of fused-ring (bicyclic) bond motifs is 1. The fraction of sp³-hybridized carbons (Fsp3) is 0.375. The molecule has 0 aromatic heterocycles. The molecule has 0 radical (unpaired) electrons. The lowest BCUT2D eigenvalue weighted by Crippen LogP contribution is -2.83. The number of benzene rings is 2. The molecule has 13 heteroatoms. The van der Waals surface area contributed by atoms with Gasteiger partial charge in [0.2, 0.25) is 0 Å². The molecule has 2 aromatic rings. The number of hydrogen-bond acceptors (Lipinski definition) is 9. The fourth-order valence-electron chi connectivity index (χ4n) is 4.19. The van der Waals surface area contributed by atoms with E-state index in [4.69, 9.17) is 14.2 Å². The second-order valence-electron chi connectivity index (χ2n) is 8.62. The van der Waals surface area contributed by atoms with E-state index in [0.717, 1.165) is 0 Å². The van der Waals surface area contributed by atoms with Crippen molar-refractivity contribution in [1.82, 2.24) is 10.2 Å². The molecule has 37 heavy (non-hydrogen) atoms. The third-order valence-electron chi connectivity index (χ3n) is 6.25. The van der Waals surface area contributed by atoms with Crippen LogP contribution in [0.4, 0.5) is 5.69 Å². The zero-order valence-electron chi connectivity index (χ0n) is 19.9. The van der Waals surface area contributed by atoms with E-state index in [1.54, 1.807) is 24.3 Å². The minimum atomic E-state index is -1.36. The van der Waals surface area contributed by atoms with Crippen molar-refractivity contribution in [2.75, 3.05) is 26.1 Å². The highest BCUT2D eigenvalue weighted by molar-refractivity contribution is 9.10. The van der Waals surface area contributed by atoms with Crippen LogP contribution in [-0.4, -0.2) is 75.1 Å². The Balaban J connectivity index is 1.43. The maximum atomic E-state index is 13.2. The van der Waals surface area contributed by atoms with Gasteiger partial charge in [0, 0.05) is 25.0 Å². The summed E-state index contributed by atoms with van der Waals surface area (Å²) in [5.74, 6) is -0.529. The van der Waals surface area contributed by atoms with Crippen LogP contribution in [0.5, 0.6) is 5.75 Å². The number of nitrogens with zero attached hydrogens (tertiary/aromatic N) is 2. The van der Waals surface area contributed by atoms with Crippen LogP contribution in [0.1, 0.15) is 17.3 Å². The molecular formula is C24H24BrN3O8S. The number of ether oxygens (including phenoxy) is 3. The number of thioether (sulfide) groups is 1. The topological polar surface area (TPSA) is 137 Å². The largest absolute Gasteiger partial charge is 0.484 e. The highest BCUT2D eigenvalue weighted by atomic mass is 79.9. The van der Waals surface area contributed by atoms with E-state index >= 15 is 0 Å². The Kier molecular flexibility index (Phi) is 7.76. The number of nitro groups is 1. The first kappa shape index (κ1) is 26.9. The molecule has 196 valence electrons. The van der Waals surface area contributed by atoms with E-state index in [2.05, 4.69) is 21.2 Å². The van der Waals surface area contributed by atoms with E-state index in [0.29, 0.717) is 11.5 Å². The van der Waals surface area contributed by atoms with Gasteiger partial charge in [0.25, 0.3) is 17.5 Å². The van der Waals surface area contributed by atoms with Crippen LogP contribution in [-0.2, 0) is 19.1 Å². The molecule has 1 N–H and O–H groups in total. The summed E-state index contributed by atoms with van der Waals surface area (Å²) in [7, 11) is 1.42. The van der Waals surface area contributed by atoms with Gasteiger partial charge in [0.15, 0.2) is 12.3 Å². The van der Waals surface area contributed by atoms with Crippen LogP contribution in [0.15, 0.2) is 54.6 Å². The van der Waals surface area contributed by atoms with Gasteiger partial charge in [-0.3, -0.25) is 24.6 Å². The molecule has 2 fully saturated rings. The van der Waals surface area contributed by atoms with Crippen molar-refractivity contribution in [3.05, 3.63) is 70.3 Å². The van der Waals surface area contributed by atoms with E-state index < -0.39 is 38.3 Å². The number of carbonyl (C=O) groups excluding carboxylic acids is 3. The summed E-state index contributed by atoms with van der Waals surface area (Å²) in [6.45, 7) is 1.28. The quantitative estimate of drug-likeness (QED) is 0.153. The molecule has 2 aromatic carbocycles. The second kappa shape index (κ2) is 10.7. The highest BCUT2D eigenvalue weighted by Gasteiger charge is 2.67. The Labute approximate surface area is 225 Å². The smallest absolute Gasteiger partial charge is 0.338 e. The van der Waals surface area contributed by atoms with Crippen molar-refractivity contribution in [2.45, 2.75) is 28.4 Å². The molecule has 0 aliphatic carbocycles. The maximum absolute atomic E-state index is 13.2. The molecule has 0 spiro atoms. The van der Waals surface area contributed by atoms with Gasteiger partial charge >= 0.3 is 5.97 Å². The summed E-state index contributed by atoms with van der Waals surface area (Å²) in [6.07, 6.45) is 0. The molecular weight excluding hydrogens is 570 g/mol. The SMILES string of the molecule is CO[C@]1(COC(=O)c2ccc([N+](=O)[O-])cc2)N2C(=O)[C@@H](NC(=O)COc3ccccc3)[C@H]2SC[C@@]1(C)Br. The summed E-state index contributed by atoms with van der Waals surface area (Å²) in [4.78, 5) is 50.2. The highest BCUT2D eigenvalue weighted by Crippen LogP contribution is 2.52. The van der Waals surface area contributed by atoms with Crippen LogP contribution in [0.2, 0.25) is 0 Å². The first-order chi connectivity index (χ1) is 17.6. The number of methoxy groups -OCH3 is 1. The minimum Gasteiger partial charge on any atom is -0.484 e. The predicted octanol–water partition coefficient (Wildman–Crippen LogP) is 2.73. The number of carbonyl (C=O) groups is 3. The third-order valence-corrected chi connectivity index (χ3v) is 9.09. The van der Waals surface area contributed by atoms with Crippen LogP contribution < -0.4 is 10.1 Å². The molecule has 11 nitrogen and oxygen atoms in total. The number of amides is 2. The lowest BCUT2D eigenvalue weighted by atomic mass is 9.91. The van der Waals surface area contributed by atoms with Crippen molar-refractivity contribution in [3.63, 3.8) is 0 Å². The Hall–Kier alpha value is -3.16. The summed E-state index contributed by atoms with van der Waals surface area (Å²) < 4.78 is 16.0. The summed E-state index contributed by atoms with van der Waals surface area (Å²) >= 11 is 5.10. The Morgan fingerprint density at radius 2 is 1.89 bits per heavy atom. The molecule has 2 heterocycles. The number of para-hydroxylation sites is 1. The fourth-order valence-corrected chi connectivity index (χ4v) is 6.57. The van der Waals surface area contributed by atoms with Crippen molar-refractivity contribution >= 4 is 51.2 Å². The molecule has 0 saturated carbocycles. The summed E-state index contributed by atoms with van der Waals surface area (Å²) in [5, 5.41) is 13.1. The minimum absolute atomic E-state index is 0.119. The molecule has 2 aliphatic heterocycles. The zero-order valence-corrected chi connectivity index (χ0v) is 22.3. The molecule has 2 aliphatic rings. The number of non-ortho nitro benzene ring substituents is 1. The monoisotopic (exact) mass is 593 g/mol. The average molecular weight is 594 g/mol. The normalized spacial score (nSPS) is 26.5. The van der Waals surface area contributed by atoms with Gasteiger partial charge < -0.3 is 19.5 Å². The third kappa shape index (κ3) is 5.15. The summed E-state index contributed by atoms with van der Waals surface area (Å²) in [5.41, 5.74) is -1.40. The maximum Gasteiger partial charge on any atom is 0.338 e. The zero-order chi connectivity index (χ0) is 26.8. The van der Waals surface area contributed by atoms with Crippen molar-refractivity contribution in [2.24, 2.45) is 0 Å². The molecule has 4 rings (SSSR count). The van der Waals surface area contributed by atoms with Gasteiger partial charge in [0.1, 0.15) is 23.8 Å². The predicted molar refractivity (Wildman–Crippen MR) is 137 cm³/mol. The number of nitrogens with one attached hydrogen (secondary N) is 1. The molecule has 0 bridgehead atoms. The van der Waals surface area contributed by atoms with E-state index in [1.807, 2.05) is 13.0 Å². The van der Waals surface area contributed by atoms with Gasteiger partial charge in [-0.1, -0.05) is 34.1 Å². The van der Waals surface area contributed by atoms with E-state index in [-0.39, 0.29) is 30.4 Å². The van der Waals surface area contributed by atoms with Crippen molar-refractivity contribution in [3.8, 4) is 5.75 Å². The first-order valence-electron chi connectivity index (χ1n) is 11.2. The van der Waals surface area contributed by atoms with Crippen molar-refractivity contribution < 1.29 is 33.5 Å². The number of halogens is 1. The van der Waals surface area contributed by atoms with E-state index in [1.165, 1.54) is 48.0 Å². The van der Waals surface area contributed by atoms with Crippen LogP contribution >= 0.6 is 27.7 Å². The Bertz CT molecular complexity index is 1200. The molecule has 2 amide bonds. The number of nitro benzene ring substituents is 1.